The Labute approximate surface area is 176 Å². The maximum absolute atomic E-state index is 13.3. The van der Waals surface area contributed by atoms with Gasteiger partial charge in [0.2, 0.25) is 5.91 Å². The predicted molar refractivity (Wildman–Crippen MR) is 104 cm³/mol. The topological polar surface area (TPSA) is 79.0 Å². The highest BCUT2D eigenvalue weighted by Crippen LogP contribution is 2.30. The monoisotopic (exact) mass is 435 g/mol. The van der Waals surface area contributed by atoms with Crippen molar-refractivity contribution in [1.29, 1.82) is 0 Å². The van der Waals surface area contributed by atoms with Crippen LogP contribution in [0.1, 0.15) is 18.1 Å². The van der Waals surface area contributed by atoms with E-state index in [1.807, 2.05) is 0 Å². The van der Waals surface area contributed by atoms with Gasteiger partial charge in [0.1, 0.15) is 23.7 Å². The quantitative estimate of drug-likeness (QED) is 0.679. The minimum absolute atomic E-state index is 0.0925. The largest absolute Gasteiger partial charge is 0.435 e. The summed E-state index contributed by atoms with van der Waals surface area (Å²) in [6.45, 7) is -1.93. The number of imide groups is 1. The summed E-state index contributed by atoms with van der Waals surface area (Å²) in [5.74, 6) is -1.71. The SMILES string of the molecule is CN(Cc1cccc(F)c1)C(=O)CN1C(=O)NC(C)(c2ccc(OC(F)F)cc2)C1=O. The van der Waals surface area contributed by atoms with E-state index in [0.29, 0.717) is 11.1 Å². The summed E-state index contributed by atoms with van der Waals surface area (Å²) in [5, 5.41) is 2.54. The number of hydrogen-bond acceptors (Lipinski definition) is 4. The van der Waals surface area contributed by atoms with Crippen molar-refractivity contribution in [3.05, 3.63) is 65.5 Å². The number of likely N-dealkylation sites (N-methyl/N-ethyl adjacent to an activating group) is 1. The lowest BCUT2D eigenvalue weighted by Crippen LogP contribution is -2.43. The van der Waals surface area contributed by atoms with E-state index in [1.165, 1.54) is 61.3 Å². The molecule has 31 heavy (non-hydrogen) atoms. The summed E-state index contributed by atoms with van der Waals surface area (Å²) in [7, 11) is 1.48. The van der Waals surface area contributed by atoms with E-state index in [1.54, 1.807) is 6.07 Å². The summed E-state index contributed by atoms with van der Waals surface area (Å²) in [4.78, 5) is 39.9. The molecule has 7 nitrogen and oxygen atoms in total. The number of benzene rings is 2. The molecule has 3 rings (SSSR count). The summed E-state index contributed by atoms with van der Waals surface area (Å²) in [5.41, 5.74) is -0.568. The first-order valence-corrected chi connectivity index (χ1v) is 9.28. The smallest absolute Gasteiger partial charge is 0.387 e. The number of ether oxygens (including phenoxy) is 1. The number of amides is 4. The Hall–Kier alpha value is -3.56. The molecule has 1 N–H and O–H groups in total. The molecule has 164 valence electrons. The van der Waals surface area contributed by atoms with Crippen LogP contribution in [0.4, 0.5) is 18.0 Å². The third-order valence-electron chi connectivity index (χ3n) is 4.96. The summed E-state index contributed by atoms with van der Waals surface area (Å²) >= 11 is 0. The number of carbonyl (C=O) groups is 3. The number of nitrogens with one attached hydrogen (secondary N) is 1. The second-order valence-electron chi connectivity index (χ2n) is 7.23. The Morgan fingerprint density at radius 2 is 1.87 bits per heavy atom. The van der Waals surface area contributed by atoms with Crippen molar-refractivity contribution in [3.63, 3.8) is 0 Å². The molecule has 0 aliphatic carbocycles. The lowest BCUT2D eigenvalue weighted by molar-refractivity contribution is -0.138. The number of urea groups is 1. The van der Waals surface area contributed by atoms with Gasteiger partial charge in [-0.2, -0.15) is 8.78 Å². The van der Waals surface area contributed by atoms with E-state index in [9.17, 15) is 27.6 Å². The first-order chi connectivity index (χ1) is 14.6. The molecule has 4 amide bonds. The average molecular weight is 435 g/mol. The van der Waals surface area contributed by atoms with Gasteiger partial charge in [0, 0.05) is 13.6 Å². The second kappa shape index (κ2) is 8.66. The molecule has 0 spiro atoms. The van der Waals surface area contributed by atoms with Crippen molar-refractivity contribution in [3.8, 4) is 5.75 Å². The molecule has 1 unspecified atom stereocenters. The molecule has 1 aliphatic rings. The highest BCUT2D eigenvalue weighted by molar-refractivity contribution is 6.09. The van der Waals surface area contributed by atoms with Crippen LogP contribution < -0.4 is 10.1 Å². The molecule has 1 heterocycles. The van der Waals surface area contributed by atoms with Crippen LogP contribution >= 0.6 is 0 Å². The number of hydrogen-bond donors (Lipinski definition) is 1. The molecule has 2 aromatic rings. The van der Waals surface area contributed by atoms with Gasteiger partial charge in [-0.05, 0) is 42.3 Å². The normalized spacial score (nSPS) is 18.3. The Balaban J connectivity index is 1.69. The number of carbonyl (C=O) groups excluding carboxylic acids is 3. The van der Waals surface area contributed by atoms with Gasteiger partial charge in [0.25, 0.3) is 5.91 Å². The third-order valence-corrected chi connectivity index (χ3v) is 4.96. The molecule has 1 saturated heterocycles. The molecule has 1 aliphatic heterocycles. The van der Waals surface area contributed by atoms with Crippen molar-refractivity contribution in [2.24, 2.45) is 0 Å². The predicted octanol–water partition coefficient (Wildman–Crippen LogP) is 2.85. The average Bonchev–Trinajstić information content (AvgIpc) is 2.92. The maximum Gasteiger partial charge on any atom is 0.387 e. The summed E-state index contributed by atoms with van der Waals surface area (Å²) in [6.07, 6.45) is 0. The zero-order chi connectivity index (χ0) is 22.8. The highest BCUT2D eigenvalue weighted by atomic mass is 19.3. The van der Waals surface area contributed by atoms with Crippen molar-refractivity contribution >= 4 is 17.8 Å². The fraction of sp³-hybridized carbons (Fsp3) is 0.286. The van der Waals surface area contributed by atoms with Crippen LogP contribution in [0.5, 0.6) is 5.75 Å². The van der Waals surface area contributed by atoms with Gasteiger partial charge >= 0.3 is 12.6 Å². The van der Waals surface area contributed by atoms with Gasteiger partial charge in [0.05, 0.1) is 0 Å². The number of halogens is 3. The Morgan fingerprint density at radius 1 is 1.19 bits per heavy atom. The molecule has 2 aromatic carbocycles. The third kappa shape index (κ3) is 4.79. The van der Waals surface area contributed by atoms with Crippen LogP contribution in [-0.2, 0) is 21.7 Å². The van der Waals surface area contributed by atoms with Crippen molar-refractivity contribution in [1.82, 2.24) is 15.1 Å². The molecular formula is C21H20F3N3O4. The van der Waals surface area contributed by atoms with Gasteiger partial charge in [-0.15, -0.1) is 0 Å². The number of rotatable bonds is 7. The lowest BCUT2D eigenvalue weighted by Gasteiger charge is -2.23. The molecule has 0 radical (unpaired) electrons. The van der Waals surface area contributed by atoms with Crippen molar-refractivity contribution in [2.45, 2.75) is 25.6 Å². The zero-order valence-corrected chi connectivity index (χ0v) is 16.8. The van der Waals surface area contributed by atoms with E-state index < -0.39 is 42.4 Å². The molecule has 0 bridgehead atoms. The van der Waals surface area contributed by atoms with Crippen LogP contribution in [0.25, 0.3) is 0 Å². The Bertz CT molecular complexity index is 1000. The minimum atomic E-state index is -2.99. The Morgan fingerprint density at radius 3 is 2.48 bits per heavy atom. The van der Waals surface area contributed by atoms with Crippen LogP contribution in [0.15, 0.2) is 48.5 Å². The fourth-order valence-corrected chi connectivity index (χ4v) is 3.26. The van der Waals surface area contributed by atoms with Gasteiger partial charge in [-0.3, -0.25) is 14.5 Å². The van der Waals surface area contributed by atoms with Gasteiger partial charge in [-0.25, -0.2) is 9.18 Å². The van der Waals surface area contributed by atoms with E-state index in [4.69, 9.17) is 0 Å². The lowest BCUT2D eigenvalue weighted by atomic mass is 9.92. The highest BCUT2D eigenvalue weighted by Gasteiger charge is 2.49. The van der Waals surface area contributed by atoms with Gasteiger partial charge in [0.15, 0.2) is 0 Å². The number of alkyl halides is 2. The second-order valence-corrected chi connectivity index (χ2v) is 7.23. The minimum Gasteiger partial charge on any atom is -0.435 e. The molecule has 1 atom stereocenters. The van der Waals surface area contributed by atoms with E-state index in [0.717, 1.165) is 4.90 Å². The molecular weight excluding hydrogens is 415 g/mol. The standard InChI is InChI=1S/C21H20F3N3O4/c1-21(14-6-8-16(9-7-14)31-19(23)24)18(29)27(20(30)25-21)12-17(28)26(2)11-13-4-3-5-15(22)10-13/h3-10,19H,11-12H2,1-2H3,(H,25,30). The molecule has 10 heteroatoms. The van der Waals surface area contributed by atoms with Crippen LogP contribution in [0.3, 0.4) is 0 Å². The van der Waals surface area contributed by atoms with E-state index in [-0.39, 0.29) is 12.3 Å². The molecule has 0 saturated carbocycles. The maximum atomic E-state index is 13.3. The number of nitrogens with zero attached hydrogens (tertiary/aromatic N) is 2. The first-order valence-electron chi connectivity index (χ1n) is 9.28. The van der Waals surface area contributed by atoms with Crippen LogP contribution in [0, 0.1) is 5.82 Å². The molecule has 0 aromatic heterocycles. The Kier molecular flexibility index (Phi) is 6.19. The van der Waals surface area contributed by atoms with Crippen molar-refractivity contribution < 1.29 is 32.3 Å². The van der Waals surface area contributed by atoms with Crippen molar-refractivity contribution in [2.75, 3.05) is 13.6 Å². The van der Waals surface area contributed by atoms with Gasteiger partial charge in [-0.1, -0.05) is 24.3 Å². The molecule has 1 fully saturated rings. The van der Waals surface area contributed by atoms with E-state index >= 15 is 0 Å². The summed E-state index contributed by atoms with van der Waals surface area (Å²) in [6, 6.07) is 10.3. The van der Waals surface area contributed by atoms with Crippen LogP contribution in [0.2, 0.25) is 0 Å². The first kappa shape index (κ1) is 22.1. The zero-order valence-electron chi connectivity index (χ0n) is 16.8. The van der Waals surface area contributed by atoms with Crippen LogP contribution in [-0.4, -0.2) is 47.8 Å². The van der Waals surface area contributed by atoms with Gasteiger partial charge < -0.3 is 15.0 Å². The fourth-order valence-electron chi connectivity index (χ4n) is 3.26. The van der Waals surface area contributed by atoms with E-state index in [2.05, 4.69) is 10.1 Å². The summed E-state index contributed by atoms with van der Waals surface area (Å²) < 4.78 is 42.2.